The number of rotatable bonds is 5. The molecule has 25 heavy (non-hydrogen) atoms. The third-order valence-electron chi connectivity index (χ3n) is 4.31. The third-order valence-corrected chi connectivity index (χ3v) is 5.49. The molecular weight excluding hydrogens is 363 g/mol. The van der Waals surface area contributed by atoms with E-state index in [1.807, 2.05) is 6.92 Å². The van der Waals surface area contributed by atoms with Crippen LogP contribution in [-0.2, 0) is 4.79 Å². The lowest BCUT2D eigenvalue weighted by Gasteiger charge is -2.24. The predicted molar refractivity (Wildman–Crippen MR) is 97.6 cm³/mol. The van der Waals surface area contributed by atoms with Crippen molar-refractivity contribution in [3.63, 3.8) is 0 Å². The van der Waals surface area contributed by atoms with E-state index in [4.69, 9.17) is 11.6 Å². The molecule has 1 heterocycles. The van der Waals surface area contributed by atoms with Gasteiger partial charge in [0, 0.05) is 11.1 Å². The molecule has 1 aliphatic rings. The number of carbonyl (C=O) groups excluding carboxylic acids is 1. The first kappa shape index (κ1) is 18.2. The van der Waals surface area contributed by atoms with Crippen LogP contribution in [0.25, 0.3) is 0 Å². The molecule has 0 bridgehead atoms. The minimum absolute atomic E-state index is 0.125. The first-order valence-electron chi connectivity index (χ1n) is 8.34. The maximum atomic E-state index is 13.8. The summed E-state index contributed by atoms with van der Waals surface area (Å²) in [5, 5.41) is 12.0. The SMILES string of the molecule is Cc1nnc(SCC(=O)Nc2ccc(Cl)cc2F)n1C1CCCCC1. The first-order chi connectivity index (χ1) is 12.0. The number of benzene rings is 1. The molecule has 1 saturated carbocycles. The number of aryl methyl sites for hydroxylation is 1. The molecule has 1 N–H and O–H groups in total. The molecule has 0 unspecified atom stereocenters. The van der Waals surface area contributed by atoms with Crippen molar-refractivity contribution in [1.29, 1.82) is 0 Å². The smallest absolute Gasteiger partial charge is 0.234 e. The minimum Gasteiger partial charge on any atom is -0.323 e. The summed E-state index contributed by atoms with van der Waals surface area (Å²) >= 11 is 7.04. The van der Waals surface area contributed by atoms with Gasteiger partial charge in [0.2, 0.25) is 5.91 Å². The molecule has 1 aromatic carbocycles. The Labute approximate surface area is 155 Å². The molecule has 134 valence electrons. The molecule has 0 radical (unpaired) electrons. The van der Waals surface area contributed by atoms with Gasteiger partial charge in [0.25, 0.3) is 0 Å². The van der Waals surface area contributed by atoms with Crippen molar-refractivity contribution >= 4 is 35.0 Å². The van der Waals surface area contributed by atoms with Gasteiger partial charge in [0.1, 0.15) is 11.6 Å². The van der Waals surface area contributed by atoms with Crippen molar-refractivity contribution in [1.82, 2.24) is 14.8 Å². The molecule has 2 aromatic rings. The lowest BCUT2D eigenvalue weighted by atomic mass is 9.95. The zero-order valence-corrected chi connectivity index (χ0v) is 15.5. The van der Waals surface area contributed by atoms with Crippen molar-refractivity contribution in [2.24, 2.45) is 0 Å². The number of hydrogen-bond acceptors (Lipinski definition) is 4. The fraction of sp³-hybridized carbons (Fsp3) is 0.471. The number of carbonyl (C=O) groups is 1. The number of thioether (sulfide) groups is 1. The molecule has 0 spiro atoms. The van der Waals surface area contributed by atoms with Crippen molar-refractivity contribution in [3.8, 4) is 0 Å². The molecule has 1 aliphatic carbocycles. The van der Waals surface area contributed by atoms with Crippen LogP contribution in [-0.4, -0.2) is 26.4 Å². The van der Waals surface area contributed by atoms with Crippen LogP contribution in [0, 0.1) is 12.7 Å². The van der Waals surface area contributed by atoms with E-state index in [0.29, 0.717) is 11.1 Å². The Balaban J connectivity index is 1.62. The lowest BCUT2D eigenvalue weighted by Crippen LogP contribution is -2.18. The summed E-state index contributed by atoms with van der Waals surface area (Å²) < 4.78 is 15.9. The fourth-order valence-electron chi connectivity index (χ4n) is 3.12. The van der Waals surface area contributed by atoms with Crippen LogP contribution < -0.4 is 5.32 Å². The molecule has 0 saturated heterocycles. The highest BCUT2D eigenvalue weighted by Crippen LogP contribution is 2.32. The van der Waals surface area contributed by atoms with E-state index >= 15 is 0 Å². The summed E-state index contributed by atoms with van der Waals surface area (Å²) in [7, 11) is 0. The average Bonchev–Trinajstić information content (AvgIpc) is 2.97. The molecule has 8 heteroatoms. The Hall–Kier alpha value is -1.60. The van der Waals surface area contributed by atoms with Crippen LogP contribution in [0.15, 0.2) is 23.4 Å². The van der Waals surface area contributed by atoms with E-state index in [0.717, 1.165) is 23.8 Å². The zero-order valence-electron chi connectivity index (χ0n) is 14.0. The molecule has 1 amide bonds. The van der Waals surface area contributed by atoms with Crippen LogP contribution in [0.4, 0.5) is 10.1 Å². The van der Waals surface area contributed by atoms with E-state index in [1.165, 1.54) is 49.2 Å². The Kier molecular flexibility index (Phi) is 5.96. The maximum absolute atomic E-state index is 13.8. The largest absolute Gasteiger partial charge is 0.323 e. The Morgan fingerprint density at radius 2 is 2.12 bits per heavy atom. The highest BCUT2D eigenvalue weighted by Gasteiger charge is 2.21. The second kappa shape index (κ2) is 8.19. The highest BCUT2D eigenvalue weighted by atomic mass is 35.5. The van der Waals surface area contributed by atoms with Gasteiger partial charge in [-0.05, 0) is 38.0 Å². The number of halogens is 2. The van der Waals surface area contributed by atoms with Gasteiger partial charge < -0.3 is 9.88 Å². The van der Waals surface area contributed by atoms with Gasteiger partial charge in [-0.3, -0.25) is 4.79 Å². The summed E-state index contributed by atoms with van der Waals surface area (Å²) in [5.41, 5.74) is 0.125. The van der Waals surface area contributed by atoms with Gasteiger partial charge in [-0.2, -0.15) is 0 Å². The number of nitrogens with zero attached hydrogens (tertiary/aromatic N) is 3. The molecule has 0 aliphatic heterocycles. The quantitative estimate of drug-likeness (QED) is 0.767. The van der Waals surface area contributed by atoms with E-state index in [9.17, 15) is 9.18 Å². The molecule has 0 atom stereocenters. The van der Waals surface area contributed by atoms with Crippen LogP contribution in [0.5, 0.6) is 0 Å². The van der Waals surface area contributed by atoms with E-state index in [2.05, 4.69) is 20.1 Å². The summed E-state index contributed by atoms with van der Waals surface area (Å²) in [4.78, 5) is 12.1. The molecular formula is C17H20ClFN4OS. The van der Waals surface area contributed by atoms with Gasteiger partial charge in [-0.1, -0.05) is 42.6 Å². The van der Waals surface area contributed by atoms with E-state index in [-0.39, 0.29) is 17.3 Å². The number of amides is 1. The molecule has 3 rings (SSSR count). The first-order valence-corrected chi connectivity index (χ1v) is 9.70. The molecule has 1 aromatic heterocycles. The topological polar surface area (TPSA) is 59.8 Å². The summed E-state index contributed by atoms with van der Waals surface area (Å²) in [6.07, 6.45) is 5.93. The number of nitrogens with one attached hydrogen (secondary N) is 1. The summed E-state index contributed by atoms with van der Waals surface area (Å²) in [6.45, 7) is 1.94. The third kappa shape index (κ3) is 4.52. The van der Waals surface area contributed by atoms with Gasteiger partial charge in [0.15, 0.2) is 5.16 Å². The highest BCUT2D eigenvalue weighted by molar-refractivity contribution is 7.99. The van der Waals surface area contributed by atoms with E-state index in [1.54, 1.807) is 0 Å². The molecule has 1 fully saturated rings. The van der Waals surface area contributed by atoms with Crippen molar-refractivity contribution in [2.75, 3.05) is 11.1 Å². The molecule has 5 nitrogen and oxygen atoms in total. The normalized spacial score (nSPS) is 15.3. The Morgan fingerprint density at radius 1 is 1.36 bits per heavy atom. The van der Waals surface area contributed by atoms with E-state index < -0.39 is 5.82 Å². The van der Waals surface area contributed by atoms with Gasteiger partial charge in [-0.15, -0.1) is 10.2 Å². The second-order valence-electron chi connectivity index (χ2n) is 6.15. The lowest BCUT2D eigenvalue weighted by molar-refractivity contribution is -0.113. The Morgan fingerprint density at radius 3 is 2.84 bits per heavy atom. The Bertz CT molecular complexity index is 761. The van der Waals surface area contributed by atoms with Crippen LogP contribution >= 0.6 is 23.4 Å². The van der Waals surface area contributed by atoms with Gasteiger partial charge in [0.05, 0.1) is 11.4 Å². The fourth-order valence-corrected chi connectivity index (χ4v) is 4.13. The van der Waals surface area contributed by atoms with Crippen molar-refractivity contribution in [3.05, 3.63) is 34.9 Å². The monoisotopic (exact) mass is 382 g/mol. The number of anilines is 1. The van der Waals surface area contributed by atoms with Crippen LogP contribution in [0.2, 0.25) is 5.02 Å². The number of hydrogen-bond donors (Lipinski definition) is 1. The second-order valence-corrected chi connectivity index (χ2v) is 7.53. The summed E-state index contributed by atoms with van der Waals surface area (Å²) in [6, 6.07) is 4.57. The van der Waals surface area contributed by atoms with Gasteiger partial charge in [-0.25, -0.2) is 4.39 Å². The zero-order chi connectivity index (χ0) is 17.8. The number of aromatic nitrogens is 3. The summed E-state index contributed by atoms with van der Waals surface area (Å²) in [5.74, 6) is 0.181. The standard InChI is InChI=1S/C17H20ClFN4OS/c1-11-21-22-17(23(11)13-5-3-2-4-6-13)25-10-16(24)20-15-8-7-12(18)9-14(15)19/h7-9,13H,2-6,10H2,1H3,(H,20,24). The van der Waals surface area contributed by atoms with Crippen LogP contribution in [0.1, 0.15) is 44.0 Å². The predicted octanol–water partition coefficient (Wildman–Crippen LogP) is 4.62. The van der Waals surface area contributed by atoms with Crippen LogP contribution in [0.3, 0.4) is 0 Å². The van der Waals surface area contributed by atoms with Gasteiger partial charge >= 0.3 is 0 Å². The minimum atomic E-state index is -0.549. The maximum Gasteiger partial charge on any atom is 0.234 e. The van der Waals surface area contributed by atoms with Crippen molar-refractivity contribution < 1.29 is 9.18 Å². The van der Waals surface area contributed by atoms with Crippen molar-refractivity contribution in [2.45, 2.75) is 50.2 Å². The average molecular weight is 383 g/mol.